The standard InChI is InChI=1S/C18H23N5O4/c1-12(2)16-15(13(3)21-27-16)17(25)26-11-14(24)22-7-9-23(10-8-22)18-19-5-4-6-20-18/h4-6,12H,7-11H2,1-3H3. The van der Waals surface area contributed by atoms with Gasteiger partial charge in [0.05, 0.1) is 5.69 Å². The number of ether oxygens (including phenoxy) is 1. The fraction of sp³-hybridized carbons (Fsp3) is 0.500. The molecule has 0 unspecified atom stereocenters. The molecule has 3 heterocycles. The van der Waals surface area contributed by atoms with Gasteiger partial charge in [0, 0.05) is 44.5 Å². The Hall–Kier alpha value is -2.97. The van der Waals surface area contributed by atoms with Gasteiger partial charge in [-0.2, -0.15) is 0 Å². The number of esters is 1. The predicted octanol–water partition coefficient (Wildman–Crippen LogP) is 1.40. The zero-order valence-electron chi connectivity index (χ0n) is 15.7. The number of piperazine rings is 1. The first-order valence-corrected chi connectivity index (χ1v) is 8.90. The van der Waals surface area contributed by atoms with Gasteiger partial charge < -0.3 is 19.1 Å². The Morgan fingerprint density at radius 1 is 1.19 bits per heavy atom. The van der Waals surface area contributed by atoms with Gasteiger partial charge in [0.25, 0.3) is 5.91 Å². The molecule has 1 aliphatic heterocycles. The minimum Gasteiger partial charge on any atom is -0.452 e. The topological polar surface area (TPSA) is 102 Å². The fourth-order valence-corrected chi connectivity index (χ4v) is 2.93. The smallest absolute Gasteiger partial charge is 0.344 e. The number of amides is 1. The third-order valence-electron chi connectivity index (χ3n) is 4.41. The van der Waals surface area contributed by atoms with E-state index in [-0.39, 0.29) is 18.4 Å². The Balaban J connectivity index is 1.52. The highest BCUT2D eigenvalue weighted by Crippen LogP contribution is 2.23. The molecule has 3 rings (SSSR count). The summed E-state index contributed by atoms with van der Waals surface area (Å²) in [6.45, 7) is 7.49. The zero-order chi connectivity index (χ0) is 19.4. The number of carbonyl (C=O) groups excluding carboxylic acids is 2. The van der Waals surface area contributed by atoms with E-state index in [0.29, 0.717) is 49.1 Å². The van der Waals surface area contributed by atoms with Crippen LogP contribution in [-0.4, -0.2) is 64.7 Å². The van der Waals surface area contributed by atoms with Crippen LogP contribution in [-0.2, 0) is 9.53 Å². The van der Waals surface area contributed by atoms with Crippen molar-refractivity contribution in [2.45, 2.75) is 26.7 Å². The normalized spacial score (nSPS) is 14.5. The molecular formula is C18H23N5O4. The van der Waals surface area contributed by atoms with Crippen molar-refractivity contribution < 1.29 is 18.8 Å². The van der Waals surface area contributed by atoms with Crippen LogP contribution in [0.3, 0.4) is 0 Å². The summed E-state index contributed by atoms with van der Waals surface area (Å²) in [5, 5.41) is 3.82. The second-order valence-electron chi connectivity index (χ2n) is 6.65. The highest BCUT2D eigenvalue weighted by molar-refractivity contribution is 5.93. The molecule has 1 aliphatic rings. The molecule has 0 bridgehead atoms. The van der Waals surface area contributed by atoms with Gasteiger partial charge in [0.2, 0.25) is 5.95 Å². The van der Waals surface area contributed by atoms with E-state index in [9.17, 15) is 9.59 Å². The molecule has 0 aromatic carbocycles. The molecule has 1 amide bonds. The van der Waals surface area contributed by atoms with E-state index in [0.717, 1.165) is 0 Å². The molecule has 2 aromatic heterocycles. The molecule has 144 valence electrons. The average Bonchev–Trinajstić information content (AvgIpc) is 3.08. The highest BCUT2D eigenvalue weighted by atomic mass is 16.5. The van der Waals surface area contributed by atoms with Gasteiger partial charge in [-0.25, -0.2) is 14.8 Å². The summed E-state index contributed by atoms with van der Waals surface area (Å²) >= 11 is 0. The van der Waals surface area contributed by atoms with Gasteiger partial charge in [-0.05, 0) is 13.0 Å². The SMILES string of the molecule is Cc1noc(C(C)C)c1C(=O)OCC(=O)N1CCN(c2ncccn2)CC1. The average molecular weight is 373 g/mol. The largest absolute Gasteiger partial charge is 0.452 e. The van der Waals surface area contributed by atoms with Crippen molar-refractivity contribution in [1.29, 1.82) is 0 Å². The molecule has 0 aliphatic carbocycles. The lowest BCUT2D eigenvalue weighted by Crippen LogP contribution is -2.50. The molecule has 1 fully saturated rings. The van der Waals surface area contributed by atoms with Crippen molar-refractivity contribution in [2.24, 2.45) is 0 Å². The van der Waals surface area contributed by atoms with Crippen molar-refractivity contribution in [3.05, 3.63) is 35.5 Å². The number of aryl methyl sites for hydroxylation is 1. The Labute approximate surface area is 157 Å². The fourth-order valence-electron chi connectivity index (χ4n) is 2.93. The first kappa shape index (κ1) is 18.8. The second kappa shape index (κ2) is 8.15. The Morgan fingerprint density at radius 2 is 1.85 bits per heavy atom. The van der Waals surface area contributed by atoms with Gasteiger partial charge in [-0.3, -0.25) is 4.79 Å². The summed E-state index contributed by atoms with van der Waals surface area (Å²) in [5.74, 6) is 0.318. The van der Waals surface area contributed by atoms with Crippen molar-refractivity contribution in [3.63, 3.8) is 0 Å². The Morgan fingerprint density at radius 3 is 2.48 bits per heavy atom. The molecule has 0 saturated carbocycles. The summed E-state index contributed by atoms with van der Waals surface area (Å²) in [4.78, 5) is 36.9. The molecule has 9 nitrogen and oxygen atoms in total. The summed E-state index contributed by atoms with van der Waals surface area (Å²) in [5.41, 5.74) is 0.775. The lowest BCUT2D eigenvalue weighted by molar-refractivity contribution is -0.134. The van der Waals surface area contributed by atoms with E-state index in [1.54, 1.807) is 30.3 Å². The van der Waals surface area contributed by atoms with Crippen LogP contribution < -0.4 is 4.90 Å². The van der Waals surface area contributed by atoms with Crippen LogP contribution >= 0.6 is 0 Å². The maximum atomic E-state index is 12.4. The van der Waals surface area contributed by atoms with Crippen LogP contribution in [0.15, 0.2) is 23.0 Å². The number of hydrogen-bond donors (Lipinski definition) is 0. The van der Waals surface area contributed by atoms with E-state index >= 15 is 0 Å². The quantitative estimate of drug-likeness (QED) is 0.725. The number of hydrogen-bond acceptors (Lipinski definition) is 8. The Kier molecular flexibility index (Phi) is 5.68. The molecule has 0 atom stereocenters. The number of rotatable bonds is 5. The summed E-state index contributed by atoms with van der Waals surface area (Å²) in [7, 11) is 0. The molecule has 27 heavy (non-hydrogen) atoms. The van der Waals surface area contributed by atoms with Gasteiger partial charge in [0.15, 0.2) is 12.4 Å². The van der Waals surface area contributed by atoms with Gasteiger partial charge in [-0.1, -0.05) is 19.0 Å². The van der Waals surface area contributed by atoms with Gasteiger partial charge in [-0.15, -0.1) is 0 Å². The van der Waals surface area contributed by atoms with Gasteiger partial charge in [0.1, 0.15) is 5.56 Å². The molecular weight excluding hydrogens is 350 g/mol. The van der Waals surface area contributed by atoms with Crippen LogP contribution in [0.5, 0.6) is 0 Å². The minimum absolute atomic E-state index is 0.00210. The van der Waals surface area contributed by atoms with Crippen molar-refractivity contribution in [2.75, 3.05) is 37.7 Å². The van der Waals surface area contributed by atoms with Crippen LogP contribution in [0.25, 0.3) is 0 Å². The van der Waals surface area contributed by atoms with Crippen LogP contribution in [0, 0.1) is 6.92 Å². The van der Waals surface area contributed by atoms with Gasteiger partial charge >= 0.3 is 5.97 Å². The molecule has 0 N–H and O–H groups in total. The number of aromatic nitrogens is 3. The van der Waals surface area contributed by atoms with Crippen molar-refractivity contribution in [3.8, 4) is 0 Å². The number of anilines is 1. The van der Waals surface area contributed by atoms with E-state index in [2.05, 4.69) is 15.1 Å². The number of carbonyl (C=O) groups is 2. The number of nitrogens with zero attached hydrogens (tertiary/aromatic N) is 5. The molecule has 0 radical (unpaired) electrons. The first-order valence-electron chi connectivity index (χ1n) is 8.90. The maximum absolute atomic E-state index is 12.4. The monoisotopic (exact) mass is 373 g/mol. The summed E-state index contributed by atoms with van der Waals surface area (Å²) in [6, 6.07) is 1.76. The summed E-state index contributed by atoms with van der Waals surface area (Å²) < 4.78 is 10.4. The highest BCUT2D eigenvalue weighted by Gasteiger charge is 2.26. The van der Waals surface area contributed by atoms with E-state index in [1.807, 2.05) is 18.7 Å². The third-order valence-corrected chi connectivity index (χ3v) is 4.41. The lowest BCUT2D eigenvalue weighted by Gasteiger charge is -2.34. The second-order valence-corrected chi connectivity index (χ2v) is 6.65. The predicted molar refractivity (Wildman–Crippen MR) is 96.4 cm³/mol. The molecule has 9 heteroatoms. The lowest BCUT2D eigenvalue weighted by atomic mass is 10.1. The minimum atomic E-state index is -0.581. The van der Waals surface area contributed by atoms with E-state index in [1.165, 1.54) is 0 Å². The molecule has 2 aromatic rings. The first-order chi connectivity index (χ1) is 13.0. The van der Waals surface area contributed by atoms with Crippen LogP contribution in [0.1, 0.15) is 41.6 Å². The van der Waals surface area contributed by atoms with Crippen molar-refractivity contribution >= 4 is 17.8 Å². The van der Waals surface area contributed by atoms with E-state index < -0.39 is 5.97 Å². The zero-order valence-corrected chi connectivity index (χ0v) is 15.7. The van der Waals surface area contributed by atoms with Crippen molar-refractivity contribution in [1.82, 2.24) is 20.0 Å². The van der Waals surface area contributed by atoms with E-state index in [4.69, 9.17) is 9.26 Å². The molecule has 0 spiro atoms. The Bertz CT molecular complexity index is 797. The van der Waals surface area contributed by atoms with Crippen LogP contribution in [0.4, 0.5) is 5.95 Å². The molecule has 1 saturated heterocycles. The maximum Gasteiger partial charge on any atom is 0.344 e. The third kappa shape index (κ3) is 4.24. The van der Waals surface area contributed by atoms with Crippen LogP contribution in [0.2, 0.25) is 0 Å². The summed E-state index contributed by atoms with van der Waals surface area (Å²) in [6.07, 6.45) is 3.38.